The van der Waals surface area contributed by atoms with E-state index in [4.69, 9.17) is 9.73 Å². The van der Waals surface area contributed by atoms with Gasteiger partial charge in [0, 0.05) is 13.6 Å². The average molecular weight is 393 g/mol. The summed E-state index contributed by atoms with van der Waals surface area (Å²) >= 11 is 0. The second-order valence-corrected chi connectivity index (χ2v) is 6.94. The lowest BCUT2D eigenvalue weighted by Crippen LogP contribution is -2.37. The predicted molar refractivity (Wildman–Crippen MR) is 115 cm³/mol. The fourth-order valence-electron chi connectivity index (χ4n) is 2.93. The van der Waals surface area contributed by atoms with Gasteiger partial charge in [-0.2, -0.15) is 0 Å². The third-order valence-corrected chi connectivity index (χ3v) is 4.67. The van der Waals surface area contributed by atoms with Crippen LogP contribution in [0.3, 0.4) is 0 Å². The van der Waals surface area contributed by atoms with Crippen LogP contribution in [0.15, 0.2) is 53.5 Å². The molecule has 0 aliphatic heterocycles. The van der Waals surface area contributed by atoms with E-state index in [0.717, 1.165) is 34.5 Å². The fraction of sp³-hybridized carbons (Fsp3) is 0.318. The van der Waals surface area contributed by atoms with Crippen molar-refractivity contribution in [2.24, 2.45) is 12.0 Å². The molecule has 0 fully saturated rings. The lowest BCUT2D eigenvalue weighted by Gasteiger charge is -2.13. The van der Waals surface area contributed by atoms with Crippen LogP contribution in [0.1, 0.15) is 28.3 Å². The Morgan fingerprint density at radius 2 is 1.76 bits per heavy atom. The minimum Gasteiger partial charge on any atom is -0.497 e. The van der Waals surface area contributed by atoms with Crippen molar-refractivity contribution >= 4 is 5.96 Å². The zero-order valence-corrected chi connectivity index (χ0v) is 17.4. The molecule has 2 aromatic carbocycles. The summed E-state index contributed by atoms with van der Waals surface area (Å²) in [6, 6.07) is 16.4. The van der Waals surface area contributed by atoms with Crippen molar-refractivity contribution in [1.29, 1.82) is 0 Å². The highest BCUT2D eigenvalue weighted by atomic mass is 16.5. The second kappa shape index (κ2) is 9.73. The van der Waals surface area contributed by atoms with Gasteiger partial charge in [-0.15, -0.1) is 10.2 Å². The van der Waals surface area contributed by atoms with Crippen LogP contribution >= 0.6 is 0 Å². The van der Waals surface area contributed by atoms with Gasteiger partial charge in [0.05, 0.1) is 20.2 Å². The first kappa shape index (κ1) is 20.4. The summed E-state index contributed by atoms with van der Waals surface area (Å²) in [7, 11) is 3.64. The van der Waals surface area contributed by atoms with Crippen LogP contribution in [0.25, 0.3) is 0 Å². The van der Waals surface area contributed by atoms with Gasteiger partial charge < -0.3 is 19.9 Å². The number of aryl methyl sites for hydroxylation is 2. The van der Waals surface area contributed by atoms with Gasteiger partial charge in [-0.05, 0) is 42.7 Å². The lowest BCUT2D eigenvalue weighted by atomic mass is 10.1. The smallest absolute Gasteiger partial charge is 0.192 e. The highest BCUT2D eigenvalue weighted by Gasteiger charge is 2.07. The van der Waals surface area contributed by atoms with E-state index >= 15 is 0 Å². The molecule has 0 aliphatic rings. The molecule has 29 heavy (non-hydrogen) atoms. The second-order valence-electron chi connectivity index (χ2n) is 6.94. The van der Waals surface area contributed by atoms with Crippen molar-refractivity contribution in [3.05, 3.63) is 76.9 Å². The van der Waals surface area contributed by atoms with Crippen LogP contribution in [0.4, 0.5) is 0 Å². The third kappa shape index (κ3) is 5.81. The normalized spacial score (nSPS) is 11.4. The van der Waals surface area contributed by atoms with Crippen LogP contribution in [0.5, 0.6) is 5.75 Å². The molecule has 0 amide bonds. The molecule has 1 aromatic heterocycles. The third-order valence-electron chi connectivity index (χ3n) is 4.67. The summed E-state index contributed by atoms with van der Waals surface area (Å²) in [5.74, 6) is 3.30. The van der Waals surface area contributed by atoms with Crippen molar-refractivity contribution in [2.75, 3.05) is 7.11 Å². The van der Waals surface area contributed by atoms with Crippen molar-refractivity contribution in [1.82, 2.24) is 25.4 Å². The maximum atomic E-state index is 5.37. The number of nitrogens with zero attached hydrogens (tertiary/aromatic N) is 4. The average Bonchev–Trinajstić information content (AvgIpc) is 3.05. The molecular weight excluding hydrogens is 364 g/mol. The Bertz CT molecular complexity index is 965. The standard InChI is InChI=1S/C22H28N6O/c1-16-10-19(12-20(11-16)29-4)14-24-22(23-13-18-8-6-5-7-9-18)25-15-21-27-26-17(2)28(21)3/h5-12H,13-15H2,1-4H3,(H2,23,24,25). The Morgan fingerprint density at radius 1 is 1.00 bits per heavy atom. The Hall–Kier alpha value is -3.35. The number of benzene rings is 2. The number of nitrogens with one attached hydrogen (secondary N) is 2. The highest BCUT2D eigenvalue weighted by molar-refractivity contribution is 5.79. The van der Waals surface area contributed by atoms with Gasteiger partial charge in [0.2, 0.25) is 0 Å². The zero-order chi connectivity index (χ0) is 20.6. The van der Waals surface area contributed by atoms with E-state index in [0.29, 0.717) is 19.6 Å². The topological polar surface area (TPSA) is 76.4 Å². The quantitative estimate of drug-likeness (QED) is 0.478. The van der Waals surface area contributed by atoms with Crippen molar-refractivity contribution in [2.45, 2.75) is 33.5 Å². The first-order valence-corrected chi connectivity index (χ1v) is 9.60. The van der Waals surface area contributed by atoms with E-state index in [1.807, 2.05) is 48.9 Å². The maximum absolute atomic E-state index is 5.37. The number of methoxy groups -OCH3 is 1. The number of hydrogen-bond donors (Lipinski definition) is 2. The van der Waals surface area contributed by atoms with Crippen LogP contribution in [-0.2, 0) is 26.7 Å². The van der Waals surface area contributed by atoms with Gasteiger partial charge in [0.25, 0.3) is 0 Å². The number of guanidine groups is 1. The molecule has 2 N–H and O–H groups in total. The molecule has 0 bridgehead atoms. The van der Waals surface area contributed by atoms with Crippen LogP contribution in [0, 0.1) is 13.8 Å². The molecule has 0 saturated carbocycles. The minimum absolute atomic E-state index is 0.537. The molecule has 0 unspecified atom stereocenters. The molecule has 1 heterocycles. The lowest BCUT2D eigenvalue weighted by molar-refractivity contribution is 0.414. The Balaban J connectivity index is 1.72. The van der Waals surface area contributed by atoms with Gasteiger partial charge in [-0.3, -0.25) is 0 Å². The molecule has 7 heteroatoms. The Kier molecular flexibility index (Phi) is 6.84. The monoisotopic (exact) mass is 392 g/mol. The van der Waals surface area contributed by atoms with Crippen molar-refractivity contribution in [3.8, 4) is 5.75 Å². The van der Waals surface area contributed by atoms with Crippen molar-refractivity contribution in [3.63, 3.8) is 0 Å². The molecule has 0 saturated heterocycles. The fourth-order valence-corrected chi connectivity index (χ4v) is 2.93. The summed E-state index contributed by atoms with van der Waals surface area (Å²) in [5, 5.41) is 15.1. The molecule has 3 rings (SSSR count). The molecule has 0 atom stereocenters. The first-order chi connectivity index (χ1) is 14.0. The minimum atomic E-state index is 0.537. The SMILES string of the molecule is COc1cc(C)cc(CN=C(NCc2ccccc2)NCc2nnc(C)n2C)c1. The first-order valence-electron chi connectivity index (χ1n) is 9.60. The Labute approximate surface area is 171 Å². The van der Waals surface area contributed by atoms with Gasteiger partial charge in [-0.1, -0.05) is 36.4 Å². The number of ether oxygens (including phenoxy) is 1. The van der Waals surface area contributed by atoms with Gasteiger partial charge in [0.1, 0.15) is 11.6 Å². The van der Waals surface area contributed by atoms with E-state index in [1.54, 1.807) is 7.11 Å². The molecule has 0 aliphatic carbocycles. The van der Waals surface area contributed by atoms with E-state index < -0.39 is 0 Å². The maximum Gasteiger partial charge on any atom is 0.192 e. The number of rotatable bonds is 7. The number of aliphatic imine (C=N–C) groups is 1. The summed E-state index contributed by atoms with van der Waals surface area (Å²) in [6.07, 6.45) is 0. The Morgan fingerprint density at radius 3 is 2.45 bits per heavy atom. The molecule has 152 valence electrons. The van der Waals surface area contributed by atoms with Crippen LogP contribution in [-0.4, -0.2) is 27.8 Å². The number of aromatic nitrogens is 3. The van der Waals surface area contributed by atoms with E-state index in [-0.39, 0.29) is 0 Å². The molecular formula is C22H28N6O. The predicted octanol–water partition coefficient (Wildman–Crippen LogP) is 2.88. The van der Waals surface area contributed by atoms with E-state index in [9.17, 15) is 0 Å². The number of hydrogen-bond acceptors (Lipinski definition) is 4. The van der Waals surface area contributed by atoms with Crippen LogP contribution in [0.2, 0.25) is 0 Å². The largest absolute Gasteiger partial charge is 0.497 e. The van der Waals surface area contributed by atoms with E-state index in [1.165, 1.54) is 5.56 Å². The summed E-state index contributed by atoms with van der Waals surface area (Å²) in [5.41, 5.74) is 3.43. The van der Waals surface area contributed by atoms with Gasteiger partial charge in [-0.25, -0.2) is 4.99 Å². The molecule has 7 nitrogen and oxygen atoms in total. The van der Waals surface area contributed by atoms with Gasteiger partial charge in [0.15, 0.2) is 11.8 Å². The summed E-state index contributed by atoms with van der Waals surface area (Å²) in [6.45, 7) is 5.75. The summed E-state index contributed by atoms with van der Waals surface area (Å²) < 4.78 is 7.34. The molecule has 3 aromatic rings. The van der Waals surface area contributed by atoms with Crippen molar-refractivity contribution < 1.29 is 4.74 Å². The van der Waals surface area contributed by atoms with Gasteiger partial charge >= 0.3 is 0 Å². The zero-order valence-electron chi connectivity index (χ0n) is 17.4. The molecule has 0 radical (unpaired) electrons. The molecule has 0 spiro atoms. The highest BCUT2D eigenvalue weighted by Crippen LogP contribution is 2.17. The van der Waals surface area contributed by atoms with E-state index in [2.05, 4.69) is 46.0 Å². The summed E-state index contributed by atoms with van der Waals surface area (Å²) in [4.78, 5) is 4.76. The van der Waals surface area contributed by atoms with Crippen LogP contribution < -0.4 is 15.4 Å².